The number of piperazine rings is 1. The van der Waals surface area contributed by atoms with Crippen LogP contribution in [0.2, 0.25) is 0 Å². The lowest BCUT2D eigenvalue weighted by molar-refractivity contribution is 0.0941. The minimum atomic E-state index is 0.797. The first-order valence-electron chi connectivity index (χ1n) is 7.02. The zero-order valence-electron chi connectivity index (χ0n) is 11.2. The van der Waals surface area contributed by atoms with Gasteiger partial charge in [-0.15, -0.1) is 0 Å². The van der Waals surface area contributed by atoms with Crippen LogP contribution in [0.1, 0.15) is 24.2 Å². The minimum Gasteiger partial charge on any atom is -0.468 e. The molecular formula is C14H23N3O. The van der Waals surface area contributed by atoms with Crippen LogP contribution in [0.3, 0.4) is 0 Å². The number of hydrogen-bond donors (Lipinski definition) is 1. The Bertz CT molecular complexity index is 390. The van der Waals surface area contributed by atoms with Gasteiger partial charge in [0.1, 0.15) is 5.76 Å². The molecule has 0 aromatic carbocycles. The Morgan fingerprint density at radius 3 is 3.22 bits per heavy atom. The van der Waals surface area contributed by atoms with Crippen molar-refractivity contribution < 1.29 is 4.42 Å². The van der Waals surface area contributed by atoms with E-state index in [1.165, 1.54) is 44.6 Å². The van der Waals surface area contributed by atoms with Gasteiger partial charge >= 0.3 is 0 Å². The van der Waals surface area contributed by atoms with Gasteiger partial charge in [0.2, 0.25) is 0 Å². The van der Waals surface area contributed by atoms with Crippen LogP contribution in [0.5, 0.6) is 0 Å². The molecule has 3 rings (SSSR count). The molecule has 0 radical (unpaired) electrons. The summed E-state index contributed by atoms with van der Waals surface area (Å²) in [6.45, 7) is 6.79. The predicted octanol–water partition coefficient (Wildman–Crippen LogP) is 1.28. The quantitative estimate of drug-likeness (QED) is 0.871. The van der Waals surface area contributed by atoms with E-state index in [1.54, 1.807) is 0 Å². The molecule has 18 heavy (non-hydrogen) atoms. The van der Waals surface area contributed by atoms with E-state index >= 15 is 0 Å². The molecule has 0 aliphatic carbocycles. The zero-order chi connectivity index (χ0) is 12.4. The first kappa shape index (κ1) is 12.2. The summed E-state index contributed by atoms with van der Waals surface area (Å²) < 4.78 is 5.64. The van der Waals surface area contributed by atoms with Crippen molar-refractivity contribution in [1.29, 1.82) is 0 Å². The number of nitrogens with zero attached hydrogens (tertiary/aromatic N) is 2. The summed E-state index contributed by atoms with van der Waals surface area (Å²) in [6, 6.07) is 2.97. The van der Waals surface area contributed by atoms with Crippen molar-refractivity contribution in [2.24, 2.45) is 0 Å². The minimum absolute atomic E-state index is 0.797. The normalized spacial score (nSPS) is 25.5. The molecule has 1 N–H and O–H groups in total. The zero-order valence-corrected chi connectivity index (χ0v) is 11.2. The smallest absolute Gasteiger partial charge is 0.118 e. The Morgan fingerprint density at radius 2 is 2.33 bits per heavy atom. The molecule has 2 aliphatic rings. The monoisotopic (exact) mass is 249 g/mol. The fourth-order valence-corrected chi connectivity index (χ4v) is 3.23. The van der Waals surface area contributed by atoms with Crippen molar-refractivity contribution in [3.05, 3.63) is 23.7 Å². The average Bonchev–Trinajstić information content (AvgIpc) is 2.98. The van der Waals surface area contributed by atoms with Crippen molar-refractivity contribution in [2.45, 2.75) is 32.0 Å². The molecule has 0 bridgehead atoms. The summed E-state index contributed by atoms with van der Waals surface area (Å²) >= 11 is 0. The molecule has 4 nitrogen and oxygen atoms in total. The van der Waals surface area contributed by atoms with Crippen LogP contribution in [0.15, 0.2) is 16.7 Å². The summed E-state index contributed by atoms with van der Waals surface area (Å²) in [4.78, 5) is 5.18. The van der Waals surface area contributed by atoms with Crippen LogP contribution in [0.4, 0.5) is 0 Å². The largest absolute Gasteiger partial charge is 0.468 e. The van der Waals surface area contributed by atoms with E-state index in [0.717, 1.165) is 24.9 Å². The number of rotatable bonds is 4. The molecule has 2 fully saturated rings. The van der Waals surface area contributed by atoms with Gasteiger partial charge in [-0.1, -0.05) is 0 Å². The molecule has 4 heteroatoms. The van der Waals surface area contributed by atoms with Gasteiger partial charge in [-0.3, -0.25) is 9.80 Å². The molecule has 2 aliphatic heterocycles. The summed E-state index contributed by atoms with van der Waals surface area (Å²) in [5.41, 5.74) is 1.24. The average molecular weight is 249 g/mol. The second-order valence-electron chi connectivity index (χ2n) is 5.52. The Hall–Kier alpha value is -0.840. The van der Waals surface area contributed by atoms with E-state index in [-0.39, 0.29) is 0 Å². The Balaban J connectivity index is 1.55. The second kappa shape index (κ2) is 5.43. The number of furan rings is 1. The molecule has 1 aromatic rings. The standard InChI is InChI=1S/C14H23N3O/c1-15-8-12-7-14(18-11-12)10-16-5-6-17-4-2-3-13(17)9-16/h7,11,13,15H,2-6,8-10H2,1H3. The van der Waals surface area contributed by atoms with E-state index in [0.29, 0.717) is 0 Å². The van der Waals surface area contributed by atoms with Crippen molar-refractivity contribution in [3.8, 4) is 0 Å². The lowest BCUT2D eigenvalue weighted by Gasteiger charge is -2.37. The third-order valence-electron chi connectivity index (χ3n) is 4.14. The van der Waals surface area contributed by atoms with Gasteiger partial charge < -0.3 is 9.73 Å². The highest BCUT2D eigenvalue weighted by Gasteiger charge is 2.30. The highest BCUT2D eigenvalue weighted by molar-refractivity contribution is 5.12. The Labute approximate surface area is 109 Å². The van der Waals surface area contributed by atoms with Crippen LogP contribution >= 0.6 is 0 Å². The molecule has 0 amide bonds. The first-order chi connectivity index (χ1) is 8.85. The second-order valence-corrected chi connectivity index (χ2v) is 5.52. The van der Waals surface area contributed by atoms with Crippen LogP contribution in [0.25, 0.3) is 0 Å². The summed E-state index contributed by atoms with van der Waals surface area (Å²) in [5.74, 6) is 1.10. The third-order valence-corrected chi connectivity index (χ3v) is 4.14. The molecule has 3 heterocycles. The summed E-state index contributed by atoms with van der Waals surface area (Å²) in [7, 11) is 1.96. The SMILES string of the molecule is CNCc1coc(CN2CCN3CCCC3C2)c1. The van der Waals surface area contributed by atoms with Gasteiger partial charge in [0.25, 0.3) is 0 Å². The van der Waals surface area contributed by atoms with Gasteiger partial charge in [-0.2, -0.15) is 0 Å². The number of hydrogen-bond acceptors (Lipinski definition) is 4. The van der Waals surface area contributed by atoms with E-state index in [2.05, 4.69) is 21.2 Å². The highest BCUT2D eigenvalue weighted by Crippen LogP contribution is 2.22. The maximum Gasteiger partial charge on any atom is 0.118 e. The van der Waals surface area contributed by atoms with Gasteiger partial charge in [0.15, 0.2) is 0 Å². The Morgan fingerprint density at radius 1 is 1.39 bits per heavy atom. The van der Waals surface area contributed by atoms with Gasteiger partial charge in [0.05, 0.1) is 12.8 Å². The summed E-state index contributed by atoms with van der Waals surface area (Å²) in [5, 5.41) is 3.15. The van der Waals surface area contributed by atoms with Crippen molar-refractivity contribution in [2.75, 3.05) is 33.2 Å². The van der Waals surface area contributed by atoms with Crippen molar-refractivity contribution in [3.63, 3.8) is 0 Å². The molecule has 1 aromatic heterocycles. The van der Waals surface area contributed by atoms with E-state index in [1.807, 2.05) is 13.3 Å². The van der Waals surface area contributed by atoms with Crippen LogP contribution < -0.4 is 5.32 Å². The van der Waals surface area contributed by atoms with E-state index in [4.69, 9.17) is 4.42 Å². The third kappa shape index (κ3) is 2.60. The fourth-order valence-electron chi connectivity index (χ4n) is 3.23. The molecular weight excluding hydrogens is 226 g/mol. The van der Waals surface area contributed by atoms with Crippen molar-refractivity contribution in [1.82, 2.24) is 15.1 Å². The lowest BCUT2D eigenvalue weighted by atomic mass is 10.1. The lowest BCUT2D eigenvalue weighted by Crippen LogP contribution is -2.49. The maximum absolute atomic E-state index is 5.64. The van der Waals surface area contributed by atoms with E-state index < -0.39 is 0 Å². The fraction of sp³-hybridized carbons (Fsp3) is 0.714. The van der Waals surface area contributed by atoms with Gasteiger partial charge in [0, 0.05) is 37.8 Å². The van der Waals surface area contributed by atoms with Gasteiger partial charge in [-0.25, -0.2) is 0 Å². The molecule has 100 valence electrons. The Kier molecular flexibility index (Phi) is 3.68. The van der Waals surface area contributed by atoms with Crippen LogP contribution in [-0.4, -0.2) is 49.1 Å². The molecule has 0 saturated carbocycles. The predicted molar refractivity (Wildman–Crippen MR) is 71.3 cm³/mol. The molecule has 0 spiro atoms. The van der Waals surface area contributed by atoms with Crippen LogP contribution in [-0.2, 0) is 13.1 Å². The van der Waals surface area contributed by atoms with Crippen molar-refractivity contribution >= 4 is 0 Å². The van der Waals surface area contributed by atoms with E-state index in [9.17, 15) is 0 Å². The molecule has 2 saturated heterocycles. The van der Waals surface area contributed by atoms with Gasteiger partial charge in [-0.05, 0) is 32.5 Å². The molecule has 1 unspecified atom stereocenters. The topological polar surface area (TPSA) is 31.7 Å². The number of nitrogens with one attached hydrogen (secondary N) is 1. The highest BCUT2D eigenvalue weighted by atomic mass is 16.3. The first-order valence-corrected chi connectivity index (χ1v) is 7.02. The number of fused-ring (bicyclic) bond motifs is 1. The maximum atomic E-state index is 5.64. The molecule has 1 atom stereocenters. The van der Waals surface area contributed by atoms with Crippen LogP contribution in [0, 0.1) is 0 Å². The summed E-state index contributed by atoms with van der Waals surface area (Å²) in [6.07, 6.45) is 4.63.